The Kier molecular flexibility index (Phi) is 6.13. The topological polar surface area (TPSA) is 55.8 Å². The van der Waals surface area contributed by atoms with Crippen molar-refractivity contribution in [1.29, 1.82) is 0 Å². The van der Waals surface area contributed by atoms with Crippen LogP contribution in [0.1, 0.15) is 11.1 Å². The van der Waals surface area contributed by atoms with Crippen LogP contribution in [-0.4, -0.2) is 36.7 Å². The van der Waals surface area contributed by atoms with E-state index in [-0.39, 0.29) is 18.6 Å². The van der Waals surface area contributed by atoms with Crippen LogP contribution in [0.2, 0.25) is 0 Å². The smallest absolute Gasteiger partial charge is 0.417 e. The van der Waals surface area contributed by atoms with Crippen molar-refractivity contribution in [3.05, 3.63) is 96.1 Å². The normalized spacial score (nSPS) is 15.8. The van der Waals surface area contributed by atoms with Gasteiger partial charge in [-0.1, -0.05) is 60.7 Å². The molecule has 4 rings (SSSR count). The Bertz CT molecular complexity index is 1090. The molecule has 1 aliphatic rings. The fourth-order valence-electron chi connectivity index (χ4n) is 3.62. The molecule has 3 aromatic rings. The zero-order chi connectivity index (χ0) is 21.6. The zero-order valence-corrected chi connectivity index (χ0v) is 17.2. The van der Waals surface area contributed by atoms with E-state index in [2.05, 4.69) is 0 Å². The summed E-state index contributed by atoms with van der Waals surface area (Å²) in [6, 6.07) is 25.1. The van der Waals surface area contributed by atoms with Gasteiger partial charge in [0.1, 0.15) is 12.4 Å². The highest BCUT2D eigenvalue weighted by atomic mass is 16.6. The molecular formula is C26H23NO4. The summed E-state index contributed by atoms with van der Waals surface area (Å²) >= 11 is 0. The molecule has 1 atom stereocenters. The van der Waals surface area contributed by atoms with Crippen LogP contribution in [0.5, 0.6) is 5.75 Å². The van der Waals surface area contributed by atoms with Crippen molar-refractivity contribution in [3.63, 3.8) is 0 Å². The summed E-state index contributed by atoms with van der Waals surface area (Å²) in [5, 5.41) is 0. The molecule has 0 aromatic heterocycles. The van der Waals surface area contributed by atoms with Gasteiger partial charge in [-0.25, -0.2) is 9.69 Å². The van der Waals surface area contributed by atoms with Crippen molar-refractivity contribution in [2.24, 2.45) is 0 Å². The second kappa shape index (κ2) is 9.30. The monoisotopic (exact) mass is 413 g/mol. The number of imide groups is 1. The van der Waals surface area contributed by atoms with Gasteiger partial charge in [-0.05, 0) is 52.9 Å². The molecule has 1 aliphatic heterocycles. The molecule has 5 heteroatoms. The van der Waals surface area contributed by atoms with Crippen LogP contribution >= 0.6 is 0 Å². The van der Waals surface area contributed by atoms with Crippen molar-refractivity contribution in [1.82, 2.24) is 4.90 Å². The SMILES string of the molecule is COc1ccc(-c2cccc(/C=C/C(=O)N3C(=O)OCC3Cc3ccccc3)c2)cc1. The van der Waals surface area contributed by atoms with E-state index in [1.54, 1.807) is 13.2 Å². The molecule has 0 aliphatic carbocycles. The van der Waals surface area contributed by atoms with Crippen LogP contribution in [0.3, 0.4) is 0 Å². The second-order valence-corrected chi connectivity index (χ2v) is 7.32. The maximum Gasteiger partial charge on any atom is 0.417 e. The first-order valence-corrected chi connectivity index (χ1v) is 10.1. The summed E-state index contributed by atoms with van der Waals surface area (Å²) in [7, 11) is 1.64. The third-order valence-electron chi connectivity index (χ3n) is 5.24. The Morgan fingerprint density at radius 1 is 1.03 bits per heavy atom. The molecule has 0 N–H and O–H groups in total. The molecular weight excluding hydrogens is 390 g/mol. The predicted molar refractivity (Wildman–Crippen MR) is 120 cm³/mol. The van der Waals surface area contributed by atoms with Gasteiger partial charge in [0.15, 0.2) is 0 Å². The largest absolute Gasteiger partial charge is 0.497 e. The molecule has 3 aromatic carbocycles. The van der Waals surface area contributed by atoms with Gasteiger partial charge in [0.2, 0.25) is 0 Å². The fourth-order valence-corrected chi connectivity index (χ4v) is 3.62. The quantitative estimate of drug-likeness (QED) is 0.536. The van der Waals surface area contributed by atoms with Gasteiger partial charge in [-0.2, -0.15) is 0 Å². The van der Waals surface area contributed by atoms with Gasteiger partial charge in [0, 0.05) is 6.08 Å². The molecule has 0 radical (unpaired) electrons. The Morgan fingerprint density at radius 2 is 1.81 bits per heavy atom. The second-order valence-electron chi connectivity index (χ2n) is 7.32. The van der Waals surface area contributed by atoms with Crippen LogP contribution in [0.15, 0.2) is 84.9 Å². The van der Waals surface area contributed by atoms with E-state index in [9.17, 15) is 9.59 Å². The zero-order valence-electron chi connectivity index (χ0n) is 17.2. The van der Waals surface area contributed by atoms with E-state index in [0.29, 0.717) is 6.42 Å². The van der Waals surface area contributed by atoms with Crippen molar-refractivity contribution < 1.29 is 19.1 Å². The lowest BCUT2D eigenvalue weighted by Crippen LogP contribution is -2.39. The third kappa shape index (κ3) is 4.83. The number of carbonyl (C=O) groups is 2. The van der Waals surface area contributed by atoms with E-state index in [4.69, 9.17) is 9.47 Å². The average molecular weight is 413 g/mol. The molecule has 2 amide bonds. The number of hydrogen-bond donors (Lipinski definition) is 0. The summed E-state index contributed by atoms with van der Waals surface area (Å²) in [6.45, 7) is 0.209. The van der Waals surface area contributed by atoms with Crippen LogP contribution in [-0.2, 0) is 16.0 Å². The third-order valence-corrected chi connectivity index (χ3v) is 5.24. The van der Waals surface area contributed by atoms with Gasteiger partial charge < -0.3 is 9.47 Å². The van der Waals surface area contributed by atoms with Gasteiger partial charge >= 0.3 is 6.09 Å². The van der Waals surface area contributed by atoms with Crippen LogP contribution in [0.25, 0.3) is 17.2 Å². The number of rotatable bonds is 6. The van der Waals surface area contributed by atoms with Crippen LogP contribution in [0.4, 0.5) is 4.79 Å². The minimum Gasteiger partial charge on any atom is -0.497 e. The number of nitrogens with zero attached hydrogens (tertiary/aromatic N) is 1. The molecule has 5 nitrogen and oxygen atoms in total. The van der Waals surface area contributed by atoms with E-state index >= 15 is 0 Å². The first-order valence-electron chi connectivity index (χ1n) is 10.1. The number of hydrogen-bond acceptors (Lipinski definition) is 4. The van der Waals surface area contributed by atoms with Crippen molar-refractivity contribution in [3.8, 4) is 16.9 Å². The standard InChI is InChI=1S/C26H23NO4/c1-30-24-13-11-21(12-14-24)22-9-5-8-20(16-22)10-15-25(28)27-23(18-31-26(27)29)17-19-6-3-2-4-7-19/h2-16,23H,17-18H2,1H3/b15-10+. The summed E-state index contributed by atoms with van der Waals surface area (Å²) < 4.78 is 10.3. The van der Waals surface area contributed by atoms with Gasteiger partial charge in [0.25, 0.3) is 5.91 Å². The maximum absolute atomic E-state index is 12.8. The number of methoxy groups -OCH3 is 1. The summed E-state index contributed by atoms with van der Waals surface area (Å²) in [4.78, 5) is 26.1. The first-order chi connectivity index (χ1) is 15.1. The van der Waals surface area contributed by atoms with Gasteiger partial charge in [-0.3, -0.25) is 4.79 Å². The highest BCUT2D eigenvalue weighted by Crippen LogP contribution is 2.24. The summed E-state index contributed by atoms with van der Waals surface area (Å²) in [5.74, 6) is 0.422. The van der Waals surface area contributed by atoms with Crippen LogP contribution in [0, 0.1) is 0 Å². The van der Waals surface area contributed by atoms with E-state index in [1.807, 2.05) is 78.9 Å². The lowest BCUT2D eigenvalue weighted by molar-refractivity contribution is -0.124. The molecule has 0 spiro atoms. The Morgan fingerprint density at radius 3 is 2.55 bits per heavy atom. The molecule has 1 unspecified atom stereocenters. The molecule has 1 saturated heterocycles. The molecule has 0 bridgehead atoms. The van der Waals surface area contributed by atoms with E-state index in [1.165, 1.54) is 11.0 Å². The Labute approximate surface area is 181 Å². The van der Waals surface area contributed by atoms with Crippen molar-refractivity contribution >= 4 is 18.1 Å². The summed E-state index contributed by atoms with van der Waals surface area (Å²) in [6.07, 6.45) is 3.12. The van der Waals surface area contributed by atoms with E-state index < -0.39 is 6.09 Å². The number of carbonyl (C=O) groups excluding carboxylic acids is 2. The Balaban J connectivity index is 1.48. The molecule has 0 saturated carbocycles. The molecule has 1 fully saturated rings. The van der Waals surface area contributed by atoms with E-state index in [0.717, 1.165) is 28.0 Å². The van der Waals surface area contributed by atoms with Crippen LogP contribution < -0.4 is 4.74 Å². The highest BCUT2D eigenvalue weighted by Gasteiger charge is 2.36. The van der Waals surface area contributed by atoms with Crippen molar-refractivity contribution in [2.45, 2.75) is 12.5 Å². The minimum atomic E-state index is -0.595. The number of amides is 2. The molecule has 31 heavy (non-hydrogen) atoms. The highest BCUT2D eigenvalue weighted by molar-refractivity contribution is 6.02. The maximum atomic E-state index is 12.8. The fraction of sp³-hybridized carbons (Fsp3) is 0.154. The van der Waals surface area contributed by atoms with Gasteiger partial charge in [0.05, 0.1) is 13.2 Å². The average Bonchev–Trinajstić information content (AvgIpc) is 3.18. The predicted octanol–water partition coefficient (Wildman–Crippen LogP) is 4.97. The lowest BCUT2D eigenvalue weighted by Gasteiger charge is -2.18. The van der Waals surface area contributed by atoms with Gasteiger partial charge in [-0.15, -0.1) is 0 Å². The lowest BCUT2D eigenvalue weighted by atomic mass is 10.0. The Hall–Kier alpha value is -3.86. The number of benzene rings is 3. The van der Waals surface area contributed by atoms with Crippen molar-refractivity contribution in [2.75, 3.05) is 13.7 Å². The number of ether oxygens (including phenoxy) is 2. The first kappa shape index (κ1) is 20.4. The number of cyclic esters (lactones) is 1. The minimum absolute atomic E-state index is 0.209. The molecule has 1 heterocycles. The summed E-state index contributed by atoms with van der Waals surface area (Å²) in [5.41, 5.74) is 4.00. The molecule has 156 valence electrons.